The highest BCUT2D eigenvalue weighted by molar-refractivity contribution is 4.85. The topological polar surface area (TPSA) is 24.1 Å². The number of rotatable bonds is 10. The van der Waals surface area contributed by atoms with E-state index in [4.69, 9.17) is 0 Å². The maximum Gasteiger partial charge on any atom is 0.000781 e. The van der Waals surface area contributed by atoms with Crippen molar-refractivity contribution in [3.63, 3.8) is 0 Å². The van der Waals surface area contributed by atoms with Gasteiger partial charge < -0.3 is 10.6 Å². The Bertz CT molecular complexity index is 267. The van der Waals surface area contributed by atoms with Crippen LogP contribution in [-0.2, 0) is 0 Å². The highest BCUT2D eigenvalue weighted by atomic mass is 14.9. The van der Waals surface area contributed by atoms with E-state index in [1.54, 1.807) is 0 Å². The summed E-state index contributed by atoms with van der Waals surface area (Å²) in [6.07, 6.45) is 15.0. The second kappa shape index (κ2) is 20.0. The van der Waals surface area contributed by atoms with Gasteiger partial charge in [-0.05, 0) is 71.0 Å². The highest BCUT2D eigenvalue weighted by Gasteiger charge is 2.30. The van der Waals surface area contributed by atoms with Crippen molar-refractivity contribution in [2.24, 2.45) is 5.41 Å². The third-order valence-electron chi connectivity index (χ3n) is 4.86. The van der Waals surface area contributed by atoms with Gasteiger partial charge in [0.25, 0.3) is 0 Å². The number of hydrogen-bond acceptors (Lipinski definition) is 2. The molecule has 0 aliphatic heterocycles. The Morgan fingerprint density at radius 3 is 1.96 bits per heavy atom. The summed E-state index contributed by atoms with van der Waals surface area (Å²) in [5.41, 5.74) is 1.88. The van der Waals surface area contributed by atoms with Crippen LogP contribution in [0.2, 0.25) is 0 Å². The van der Waals surface area contributed by atoms with Gasteiger partial charge in [0, 0.05) is 6.54 Å². The molecule has 152 valence electrons. The minimum Gasteiger partial charge on any atom is -0.320 e. The van der Waals surface area contributed by atoms with E-state index in [1.165, 1.54) is 89.4 Å². The summed E-state index contributed by atoms with van der Waals surface area (Å²) >= 11 is 0. The molecule has 0 unspecified atom stereocenters. The standard InChI is InChI=1S/C15H32N2.C5H10.C3H8/c1-3-4-13-17-14-15(11-8-12-16-2)9-6-5-7-10-15;1-4-5(2)3;1-3-2/h16-17H,3-14H2,1-2H3;2,4H2,1,3H3;3H2,1-2H3. The predicted molar refractivity (Wildman–Crippen MR) is 118 cm³/mol. The highest BCUT2D eigenvalue weighted by Crippen LogP contribution is 2.39. The minimum atomic E-state index is 0.628. The van der Waals surface area contributed by atoms with Crippen molar-refractivity contribution in [2.75, 3.05) is 26.7 Å². The lowest BCUT2D eigenvalue weighted by Gasteiger charge is -2.38. The van der Waals surface area contributed by atoms with Crippen molar-refractivity contribution >= 4 is 0 Å². The molecule has 0 bridgehead atoms. The lowest BCUT2D eigenvalue weighted by molar-refractivity contribution is 0.163. The van der Waals surface area contributed by atoms with Crippen molar-refractivity contribution in [3.05, 3.63) is 12.2 Å². The summed E-state index contributed by atoms with van der Waals surface area (Å²) in [5.74, 6) is 0. The first-order valence-corrected chi connectivity index (χ1v) is 11.0. The molecule has 2 N–H and O–H groups in total. The Morgan fingerprint density at radius 2 is 1.52 bits per heavy atom. The van der Waals surface area contributed by atoms with Crippen LogP contribution in [0.25, 0.3) is 0 Å². The molecule has 0 aromatic heterocycles. The molecular weight excluding hydrogens is 304 g/mol. The van der Waals surface area contributed by atoms with E-state index in [0.29, 0.717) is 5.41 Å². The lowest BCUT2D eigenvalue weighted by atomic mass is 9.71. The molecule has 0 amide bonds. The smallest absolute Gasteiger partial charge is 0.000781 e. The van der Waals surface area contributed by atoms with E-state index in [2.05, 4.69) is 52.0 Å². The van der Waals surface area contributed by atoms with Crippen molar-refractivity contribution in [2.45, 2.75) is 105 Å². The van der Waals surface area contributed by atoms with Gasteiger partial charge in [0.05, 0.1) is 0 Å². The third kappa shape index (κ3) is 18.3. The second-order valence-corrected chi connectivity index (χ2v) is 7.82. The van der Waals surface area contributed by atoms with Crippen LogP contribution in [0.1, 0.15) is 105 Å². The van der Waals surface area contributed by atoms with Crippen LogP contribution in [0.5, 0.6) is 0 Å². The zero-order valence-corrected chi connectivity index (χ0v) is 18.6. The molecule has 1 aliphatic carbocycles. The zero-order chi connectivity index (χ0) is 19.4. The molecule has 0 atom stereocenters. The Labute approximate surface area is 160 Å². The lowest BCUT2D eigenvalue weighted by Crippen LogP contribution is -2.37. The molecular formula is C23H50N2. The first-order valence-electron chi connectivity index (χ1n) is 11.0. The fraction of sp³-hybridized carbons (Fsp3) is 0.913. The molecule has 1 saturated carbocycles. The maximum atomic E-state index is 3.70. The zero-order valence-electron chi connectivity index (χ0n) is 18.6. The predicted octanol–water partition coefficient (Wildman–Crippen LogP) is 6.72. The van der Waals surface area contributed by atoms with Crippen LogP contribution in [0.3, 0.4) is 0 Å². The molecule has 1 rings (SSSR count). The number of hydrogen-bond donors (Lipinski definition) is 2. The monoisotopic (exact) mass is 354 g/mol. The van der Waals surface area contributed by atoms with Crippen LogP contribution in [0, 0.1) is 5.41 Å². The summed E-state index contributed by atoms with van der Waals surface area (Å²) < 4.78 is 0. The first kappa shape index (κ1) is 26.9. The van der Waals surface area contributed by atoms with Crippen molar-refractivity contribution in [1.82, 2.24) is 10.6 Å². The van der Waals surface area contributed by atoms with E-state index in [0.717, 1.165) is 6.42 Å². The number of allylic oxidation sites excluding steroid dienone is 1. The van der Waals surface area contributed by atoms with Crippen LogP contribution >= 0.6 is 0 Å². The SMILES string of the molecule is C=C(C)CC.CCC.CCCCNCC1(CCCNC)CCCCC1. The average Bonchev–Trinajstić information content (AvgIpc) is 2.61. The van der Waals surface area contributed by atoms with E-state index in [9.17, 15) is 0 Å². The Hall–Kier alpha value is -0.340. The van der Waals surface area contributed by atoms with E-state index >= 15 is 0 Å². The normalized spacial score (nSPS) is 15.4. The molecule has 2 nitrogen and oxygen atoms in total. The molecule has 0 heterocycles. The van der Waals surface area contributed by atoms with Crippen LogP contribution < -0.4 is 10.6 Å². The van der Waals surface area contributed by atoms with Gasteiger partial charge in [-0.15, -0.1) is 6.58 Å². The van der Waals surface area contributed by atoms with Gasteiger partial charge in [-0.3, -0.25) is 0 Å². The fourth-order valence-electron chi connectivity index (χ4n) is 3.11. The molecule has 1 aliphatic rings. The molecule has 0 aromatic carbocycles. The Morgan fingerprint density at radius 1 is 0.960 bits per heavy atom. The summed E-state index contributed by atoms with van der Waals surface area (Å²) in [4.78, 5) is 0. The van der Waals surface area contributed by atoms with Gasteiger partial charge in [0.15, 0.2) is 0 Å². The average molecular weight is 355 g/mol. The Balaban J connectivity index is 0. The molecule has 0 radical (unpaired) electrons. The largest absolute Gasteiger partial charge is 0.320 e. The van der Waals surface area contributed by atoms with Crippen molar-refractivity contribution in [1.29, 1.82) is 0 Å². The number of unbranched alkanes of at least 4 members (excludes halogenated alkanes) is 1. The summed E-state index contributed by atoms with van der Waals surface area (Å²) in [7, 11) is 2.06. The van der Waals surface area contributed by atoms with Crippen molar-refractivity contribution < 1.29 is 0 Å². The van der Waals surface area contributed by atoms with Gasteiger partial charge in [-0.1, -0.05) is 65.4 Å². The van der Waals surface area contributed by atoms with E-state index in [-0.39, 0.29) is 0 Å². The van der Waals surface area contributed by atoms with Crippen LogP contribution in [0.4, 0.5) is 0 Å². The summed E-state index contributed by atoms with van der Waals surface area (Å²) in [6, 6.07) is 0. The van der Waals surface area contributed by atoms with E-state index in [1.807, 2.05) is 6.92 Å². The fourth-order valence-corrected chi connectivity index (χ4v) is 3.11. The first-order chi connectivity index (χ1) is 12.0. The molecule has 1 fully saturated rings. The van der Waals surface area contributed by atoms with Gasteiger partial charge in [-0.2, -0.15) is 0 Å². The van der Waals surface area contributed by atoms with Gasteiger partial charge >= 0.3 is 0 Å². The molecule has 25 heavy (non-hydrogen) atoms. The molecule has 0 saturated heterocycles. The summed E-state index contributed by atoms with van der Waals surface area (Å²) in [5, 5.41) is 6.98. The molecule has 2 heteroatoms. The second-order valence-electron chi connectivity index (χ2n) is 7.82. The number of nitrogens with one attached hydrogen (secondary N) is 2. The maximum absolute atomic E-state index is 3.70. The van der Waals surface area contributed by atoms with Gasteiger partial charge in [-0.25, -0.2) is 0 Å². The Kier molecular flexibility index (Phi) is 21.5. The molecule has 0 aromatic rings. The van der Waals surface area contributed by atoms with E-state index < -0.39 is 0 Å². The quantitative estimate of drug-likeness (QED) is 0.336. The van der Waals surface area contributed by atoms with Crippen LogP contribution in [-0.4, -0.2) is 26.7 Å². The van der Waals surface area contributed by atoms with Crippen molar-refractivity contribution in [3.8, 4) is 0 Å². The third-order valence-corrected chi connectivity index (χ3v) is 4.86. The van der Waals surface area contributed by atoms with Crippen LogP contribution in [0.15, 0.2) is 12.2 Å². The molecule has 0 spiro atoms. The van der Waals surface area contributed by atoms with Gasteiger partial charge in [0.1, 0.15) is 0 Å². The summed E-state index contributed by atoms with van der Waals surface area (Å²) in [6.45, 7) is 18.0. The minimum absolute atomic E-state index is 0.628. The van der Waals surface area contributed by atoms with Gasteiger partial charge in [0.2, 0.25) is 0 Å².